The molecule has 0 fully saturated rings. The number of aryl methyl sites for hydroxylation is 1. The van der Waals surface area contributed by atoms with Crippen LogP contribution < -0.4 is 10.2 Å². The third kappa shape index (κ3) is 3.79. The number of halogens is 2. The van der Waals surface area contributed by atoms with Gasteiger partial charge < -0.3 is 9.88 Å². The molecule has 5 nitrogen and oxygen atoms in total. The number of aromatic nitrogens is 1. The molecular formula is C22H17ClFN3O2. The molecule has 2 amide bonds. The van der Waals surface area contributed by atoms with E-state index in [0.29, 0.717) is 27.5 Å². The number of nitrogens with one attached hydrogen (secondary N) is 1. The summed E-state index contributed by atoms with van der Waals surface area (Å²) in [6, 6.07) is 14.4. The first-order valence-corrected chi connectivity index (χ1v) is 9.30. The van der Waals surface area contributed by atoms with Crippen molar-refractivity contribution in [3.05, 3.63) is 82.9 Å². The number of hydrogen-bond acceptors (Lipinski definition) is 2. The van der Waals surface area contributed by atoms with Crippen LogP contribution in [0.2, 0.25) is 5.02 Å². The number of benzene rings is 2. The van der Waals surface area contributed by atoms with Gasteiger partial charge in [0.15, 0.2) is 0 Å². The highest BCUT2D eigenvalue weighted by Crippen LogP contribution is 2.39. The largest absolute Gasteiger partial charge is 0.351 e. The highest BCUT2D eigenvalue weighted by molar-refractivity contribution is 6.38. The van der Waals surface area contributed by atoms with Crippen molar-refractivity contribution in [2.24, 2.45) is 7.05 Å². The van der Waals surface area contributed by atoms with E-state index in [0.717, 1.165) is 5.69 Å². The number of anilines is 2. The summed E-state index contributed by atoms with van der Waals surface area (Å²) in [6.45, 7) is -0.171. The van der Waals surface area contributed by atoms with Gasteiger partial charge >= 0.3 is 0 Å². The van der Waals surface area contributed by atoms with Gasteiger partial charge in [0.25, 0.3) is 5.91 Å². The highest BCUT2D eigenvalue weighted by atomic mass is 35.5. The lowest BCUT2D eigenvalue weighted by atomic mass is 10.1. The number of rotatable bonds is 4. The van der Waals surface area contributed by atoms with Crippen molar-refractivity contribution in [1.82, 2.24) is 4.57 Å². The second-order valence-corrected chi connectivity index (χ2v) is 7.15. The van der Waals surface area contributed by atoms with Gasteiger partial charge in [0.2, 0.25) is 5.91 Å². The zero-order valence-corrected chi connectivity index (χ0v) is 16.3. The minimum Gasteiger partial charge on any atom is -0.351 e. The van der Waals surface area contributed by atoms with Crippen LogP contribution >= 0.6 is 11.6 Å². The van der Waals surface area contributed by atoms with Crippen molar-refractivity contribution in [3.63, 3.8) is 0 Å². The maximum atomic E-state index is 13.1. The van der Waals surface area contributed by atoms with Gasteiger partial charge in [-0.25, -0.2) is 4.39 Å². The van der Waals surface area contributed by atoms with Crippen LogP contribution in [0.4, 0.5) is 15.8 Å². The van der Waals surface area contributed by atoms with Crippen molar-refractivity contribution in [1.29, 1.82) is 0 Å². The summed E-state index contributed by atoms with van der Waals surface area (Å²) in [5, 5.41) is 3.19. The molecule has 1 N–H and O–H groups in total. The molecule has 2 aromatic carbocycles. The molecule has 2 heterocycles. The predicted molar refractivity (Wildman–Crippen MR) is 112 cm³/mol. The van der Waals surface area contributed by atoms with Crippen LogP contribution in [0.25, 0.3) is 11.6 Å². The van der Waals surface area contributed by atoms with Crippen LogP contribution in [0.15, 0.2) is 60.8 Å². The molecular weight excluding hydrogens is 393 g/mol. The topological polar surface area (TPSA) is 54.3 Å². The number of nitrogens with zero attached hydrogens (tertiary/aromatic N) is 2. The Morgan fingerprint density at radius 2 is 1.93 bits per heavy atom. The number of fused-ring (bicyclic) bond motifs is 1. The third-order valence-corrected chi connectivity index (χ3v) is 4.96. The molecule has 1 aliphatic rings. The van der Waals surface area contributed by atoms with E-state index in [4.69, 9.17) is 11.6 Å². The van der Waals surface area contributed by atoms with Gasteiger partial charge in [-0.2, -0.15) is 0 Å². The van der Waals surface area contributed by atoms with Crippen molar-refractivity contribution < 1.29 is 14.0 Å². The lowest BCUT2D eigenvalue weighted by Crippen LogP contribution is -2.35. The van der Waals surface area contributed by atoms with Crippen LogP contribution in [0.3, 0.4) is 0 Å². The third-order valence-electron chi connectivity index (χ3n) is 4.72. The van der Waals surface area contributed by atoms with E-state index in [2.05, 4.69) is 5.32 Å². The lowest BCUT2D eigenvalue weighted by molar-refractivity contribution is -0.118. The van der Waals surface area contributed by atoms with E-state index in [1.807, 2.05) is 29.9 Å². The van der Waals surface area contributed by atoms with Crippen molar-refractivity contribution >= 4 is 46.4 Å². The van der Waals surface area contributed by atoms with E-state index >= 15 is 0 Å². The van der Waals surface area contributed by atoms with Crippen LogP contribution in [-0.4, -0.2) is 22.9 Å². The number of carbonyl (C=O) groups is 2. The zero-order chi connectivity index (χ0) is 20.5. The molecule has 0 saturated carbocycles. The molecule has 3 aromatic rings. The summed E-state index contributed by atoms with van der Waals surface area (Å²) in [5.74, 6) is -1.05. The molecule has 29 heavy (non-hydrogen) atoms. The SMILES string of the molecule is Cn1cccc1/C=C1/C(=O)N(CC(=O)Nc2ccc(F)cc2)c2ccc(Cl)cc21. The quantitative estimate of drug-likeness (QED) is 0.651. The van der Waals surface area contributed by atoms with Crippen molar-refractivity contribution in [3.8, 4) is 0 Å². The summed E-state index contributed by atoms with van der Waals surface area (Å²) in [7, 11) is 1.89. The summed E-state index contributed by atoms with van der Waals surface area (Å²) < 4.78 is 14.9. The Hall–Kier alpha value is -3.38. The summed E-state index contributed by atoms with van der Waals surface area (Å²) >= 11 is 6.15. The van der Waals surface area contributed by atoms with Crippen molar-refractivity contribution in [2.45, 2.75) is 0 Å². The molecule has 1 aromatic heterocycles. The molecule has 0 unspecified atom stereocenters. The molecule has 0 radical (unpaired) electrons. The molecule has 0 atom stereocenters. The average Bonchev–Trinajstić information content (AvgIpc) is 3.20. The average molecular weight is 410 g/mol. The minimum atomic E-state index is -0.390. The smallest absolute Gasteiger partial charge is 0.259 e. The Morgan fingerprint density at radius 1 is 1.17 bits per heavy atom. The Kier molecular flexibility index (Phi) is 4.94. The monoisotopic (exact) mass is 409 g/mol. The maximum absolute atomic E-state index is 13.1. The van der Waals surface area contributed by atoms with Crippen LogP contribution in [0.5, 0.6) is 0 Å². The molecule has 0 spiro atoms. The number of amides is 2. The number of hydrogen-bond donors (Lipinski definition) is 1. The van der Waals surface area contributed by atoms with E-state index < -0.39 is 0 Å². The Labute approximate surface area is 172 Å². The second kappa shape index (κ2) is 7.56. The Bertz CT molecular complexity index is 1140. The molecule has 7 heteroatoms. The minimum absolute atomic E-state index is 0.171. The van der Waals surface area contributed by atoms with Crippen LogP contribution in [-0.2, 0) is 16.6 Å². The molecule has 0 aliphatic carbocycles. The maximum Gasteiger partial charge on any atom is 0.259 e. The second-order valence-electron chi connectivity index (χ2n) is 6.71. The van der Waals surface area contributed by atoms with Gasteiger partial charge in [-0.3, -0.25) is 14.5 Å². The van der Waals surface area contributed by atoms with E-state index in [1.54, 1.807) is 24.3 Å². The van der Waals surface area contributed by atoms with E-state index in [1.165, 1.54) is 29.2 Å². The normalized spacial score (nSPS) is 14.4. The number of carbonyl (C=O) groups excluding carboxylic acids is 2. The fraction of sp³-hybridized carbons (Fsp3) is 0.0909. The van der Waals surface area contributed by atoms with Crippen LogP contribution in [0, 0.1) is 5.82 Å². The van der Waals surface area contributed by atoms with Crippen LogP contribution in [0.1, 0.15) is 11.3 Å². The first-order chi connectivity index (χ1) is 13.9. The molecule has 4 rings (SSSR count). The fourth-order valence-electron chi connectivity index (χ4n) is 3.28. The lowest BCUT2D eigenvalue weighted by Gasteiger charge is -2.16. The Morgan fingerprint density at radius 3 is 2.62 bits per heavy atom. The van der Waals surface area contributed by atoms with E-state index in [-0.39, 0.29) is 24.2 Å². The standard InChI is InChI=1S/C22H17ClFN3O2/c1-26-10-2-3-17(26)12-19-18-11-14(23)4-9-20(18)27(22(19)29)13-21(28)25-16-7-5-15(24)6-8-16/h2-12H,13H2,1H3,(H,25,28)/b19-12+. The fourth-order valence-corrected chi connectivity index (χ4v) is 3.45. The van der Waals surface area contributed by atoms with Gasteiger partial charge in [0.1, 0.15) is 12.4 Å². The summed E-state index contributed by atoms with van der Waals surface area (Å²) in [5.41, 5.74) is 3.09. The van der Waals surface area contributed by atoms with Gasteiger partial charge in [-0.15, -0.1) is 0 Å². The first kappa shape index (κ1) is 19.0. The van der Waals surface area contributed by atoms with Gasteiger partial charge in [-0.05, 0) is 60.7 Å². The zero-order valence-electron chi connectivity index (χ0n) is 15.5. The predicted octanol–water partition coefficient (Wildman–Crippen LogP) is 4.34. The Balaban J connectivity index is 1.63. The molecule has 146 valence electrons. The summed E-state index contributed by atoms with van der Waals surface area (Å²) in [4.78, 5) is 27.0. The van der Waals surface area contributed by atoms with Gasteiger partial charge in [0, 0.05) is 35.2 Å². The van der Waals surface area contributed by atoms with Gasteiger partial charge in [-0.1, -0.05) is 11.6 Å². The molecule has 0 bridgehead atoms. The van der Waals surface area contributed by atoms with Gasteiger partial charge in [0.05, 0.1) is 11.3 Å². The molecule has 1 aliphatic heterocycles. The first-order valence-electron chi connectivity index (χ1n) is 8.92. The highest BCUT2D eigenvalue weighted by Gasteiger charge is 2.34. The molecule has 0 saturated heterocycles. The van der Waals surface area contributed by atoms with E-state index in [9.17, 15) is 14.0 Å². The van der Waals surface area contributed by atoms with Crippen molar-refractivity contribution in [2.75, 3.05) is 16.8 Å². The summed E-state index contributed by atoms with van der Waals surface area (Å²) in [6.07, 6.45) is 3.67.